The second-order valence-corrected chi connectivity index (χ2v) is 6.81. The molecule has 0 aliphatic carbocycles. The largest absolute Gasteiger partial charge is 0.508 e. The summed E-state index contributed by atoms with van der Waals surface area (Å²) in [6, 6.07) is 15.1. The first-order chi connectivity index (χ1) is 13.1. The summed E-state index contributed by atoms with van der Waals surface area (Å²) in [6.07, 6.45) is -0.201. The molecule has 2 aromatic rings. The lowest BCUT2D eigenvalue weighted by Gasteiger charge is -2.20. The maximum atomic E-state index is 11.4. The Kier molecular flexibility index (Phi) is 6.19. The Bertz CT molecular complexity index is 764. The summed E-state index contributed by atoms with van der Waals surface area (Å²) < 4.78 is 10.9. The van der Waals surface area contributed by atoms with E-state index >= 15 is 0 Å². The van der Waals surface area contributed by atoms with E-state index in [-0.39, 0.29) is 17.6 Å². The predicted molar refractivity (Wildman–Crippen MR) is 101 cm³/mol. The highest BCUT2D eigenvalue weighted by atomic mass is 16.5. The van der Waals surface area contributed by atoms with E-state index in [4.69, 9.17) is 9.47 Å². The van der Waals surface area contributed by atoms with Crippen molar-refractivity contribution in [3.63, 3.8) is 0 Å². The fraction of sp³-hybridized carbons (Fsp3) is 0.381. The van der Waals surface area contributed by atoms with Crippen LogP contribution in [0.4, 0.5) is 4.79 Å². The number of hydrogen-bond donors (Lipinski definition) is 2. The number of aromatic hydroxyl groups is 1. The van der Waals surface area contributed by atoms with Gasteiger partial charge in [-0.1, -0.05) is 36.4 Å². The summed E-state index contributed by atoms with van der Waals surface area (Å²) in [7, 11) is 1.54. The highest BCUT2D eigenvalue weighted by molar-refractivity contribution is 5.65. The van der Waals surface area contributed by atoms with E-state index in [1.165, 1.54) is 4.90 Å². The molecule has 0 aromatic heterocycles. The number of ether oxygens (including phenoxy) is 2. The molecule has 2 aromatic carbocycles. The molecule has 6 heteroatoms. The molecule has 0 radical (unpaired) electrons. The molecule has 27 heavy (non-hydrogen) atoms. The Morgan fingerprint density at radius 2 is 1.96 bits per heavy atom. The Hall–Kier alpha value is -2.73. The number of carbonyl (C=O) groups is 1. The van der Waals surface area contributed by atoms with Crippen LogP contribution >= 0.6 is 0 Å². The molecule has 1 heterocycles. The number of rotatable bonds is 7. The molecule has 144 valence electrons. The van der Waals surface area contributed by atoms with Crippen LogP contribution < -0.4 is 4.74 Å². The average molecular weight is 371 g/mol. The van der Waals surface area contributed by atoms with Gasteiger partial charge in [0.15, 0.2) is 0 Å². The maximum Gasteiger partial charge on any atom is 0.407 e. The zero-order chi connectivity index (χ0) is 19.2. The molecule has 6 nitrogen and oxygen atoms in total. The van der Waals surface area contributed by atoms with Gasteiger partial charge in [0.05, 0.1) is 13.7 Å². The summed E-state index contributed by atoms with van der Waals surface area (Å²) in [5.74, 6) is 0.748. The number of carboxylic acid groups (broad SMARTS) is 1. The van der Waals surface area contributed by atoms with Gasteiger partial charge in [0.2, 0.25) is 0 Å². The van der Waals surface area contributed by atoms with Crippen LogP contribution in [0.5, 0.6) is 11.5 Å². The summed E-state index contributed by atoms with van der Waals surface area (Å²) >= 11 is 0. The molecule has 2 N–H and O–H groups in total. The Morgan fingerprint density at radius 3 is 2.63 bits per heavy atom. The van der Waals surface area contributed by atoms with Crippen molar-refractivity contribution in [2.75, 3.05) is 26.8 Å². The highest BCUT2D eigenvalue weighted by Gasteiger charge is 2.37. The van der Waals surface area contributed by atoms with E-state index in [2.05, 4.69) is 0 Å². The van der Waals surface area contributed by atoms with E-state index < -0.39 is 6.09 Å². The molecule has 3 rings (SSSR count). The summed E-state index contributed by atoms with van der Waals surface area (Å²) in [4.78, 5) is 12.8. The first-order valence-electron chi connectivity index (χ1n) is 9.05. The number of methoxy groups -OCH3 is 1. The topological polar surface area (TPSA) is 79.2 Å². The molecule has 0 spiro atoms. The van der Waals surface area contributed by atoms with Gasteiger partial charge < -0.3 is 24.6 Å². The Morgan fingerprint density at radius 1 is 1.19 bits per heavy atom. The third kappa shape index (κ3) is 4.71. The second kappa shape index (κ2) is 8.77. The van der Waals surface area contributed by atoms with Gasteiger partial charge in [-0.25, -0.2) is 4.79 Å². The number of amides is 1. The first kappa shape index (κ1) is 19.0. The number of phenolic OH excluding ortho intramolecular Hbond substituents is 1. The highest BCUT2D eigenvalue weighted by Crippen LogP contribution is 2.40. The van der Waals surface area contributed by atoms with Gasteiger partial charge >= 0.3 is 6.09 Å². The van der Waals surface area contributed by atoms with Crippen molar-refractivity contribution in [2.24, 2.45) is 5.92 Å². The third-order valence-electron chi connectivity index (χ3n) is 5.09. The van der Waals surface area contributed by atoms with Crippen LogP contribution in [0.15, 0.2) is 48.5 Å². The SMILES string of the molecule is COc1ccc(C2CN(C(=O)O)CC2CCOCc2ccccc2)c(O)c1. The number of likely N-dealkylation sites (tertiary alicyclic amines) is 1. The minimum atomic E-state index is -0.930. The van der Waals surface area contributed by atoms with Gasteiger partial charge in [0.1, 0.15) is 11.5 Å². The number of hydrogen-bond acceptors (Lipinski definition) is 4. The van der Waals surface area contributed by atoms with Crippen molar-refractivity contribution in [1.29, 1.82) is 0 Å². The van der Waals surface area contributed by atoms with Crippen LogP contribution in [0, 0.1) is 5.92 Å². The van der Waals surface area contributed by atoms with Crippen LogP contribution in [0.2, 0.25) is 0 Å². The summed E-state index contributed by atoms with van der Waals surface area (Å²) in [5, 5.41) is 19.7. The van der Waals surface area contributed by atoms with Crippen molar-refractivity contribution in [3.8, 4) is 11.5 Å². The Labute approximate surface area is 159 Å². The lowest BCUT2D eigenvalue weighted by atomic mass is 9.86. The molecule has 1 aliphatic heterocycles. The van der Waals surface area contributed by atoms with Gasteiger partial charge in [-0.05, 0) is 29.5 Å². The van der Waals surface area contributed by atoms with Crippen molar-refractivity contribution in [2.45, 2.75) is 18.9 Å². The second-order valence-electron chi connectivity index (χ2n) is 6.81. The van der Waals surface area contributed by atoms with E-state index in [1.807, 2.05) is 36.4 Å². The molecular formula is C21H25NO5. The normalized spacial score (nSPS) is 19.2. The van der Waals surface area contributed by atoms with Crippen molar-refractivity contribution in [1.82, 2.24) is 4.90 Å². The number of benzene rings is 2. The molecule has 1 fully saturated rings. The fourth-order valence-corrected chi connectivity index (χ4v) is 3.64. The van der Waals surface area contributed by atoms with Crippen LogP contribution in [-0.4, -0.2) is 48.0 Å². The zero-order valence-electron chi connectivity index (χ0n) is 15.4. The average Bonchev–Trinajstić information content (AvgIpc) is 3.10. The quantitative estimate of drug-likeness (QED) is 0.726. The predicted octanol–water partition coefficient (Wildman–Crippen LogP) is 3.70. The van der Waals surface area contributed by atoms with Crippen LogP contribution in [0.1, 0.15) is 23.5 Å². The lowest BCUT2D eigenvalue weighted by Crippen LogP contribution is -2.27. The minimum absolute atomic E-state index is 0.0627. The smallest absolute Gasteiger partial charge is 0.407 e. The van der Waals surface area contributed by atoms with Gasteiger partial charge in [-0.15, -0.1) is 0 Å². The molecule has 2 atom stereocenters. The molecular weight excluding hydrogens is 346 g/mol. The van der Waals surface area contributed by atoms with Crippen molar-refractivity contribution < 1.29 is 24.5 Å². The minimum Gasteiger partial charge on any atom is -0.508 e. The molecule has 0 bridgehead atoms. The van der Waals surface area contributed by atoms with Crippen LogP contribution in [0.25, 0.3) is 0 Å². The van der Waals surface area contributed by atoms with Gasteiger partial charge in [-0.3, -0.25) is 0 Å². The van der Waals surface area contributed by atoms with Gasteiger partial charge in [0.25, 0.3) is 0 Å². The number of nitrogens with zero attached hydrogens (tertiary/aromatic N) is 1. The molecule has 1 amide bonds. The van der Waals surface area contributed by atoms with E-state index in [0.29, 0.717) is 32.1 Å². The lowest BCUT2D eigenvalue weighted by molar-refractivity contribution is 0.105. The molecule has 1 saturated heterocycles. The van der Waals surface area contributed by atoms with Crippen molar-refractivity contribution >= 4 is 6.09 Å². The first-order valence-corrected chi connectivity index (χ1v) is 9.05. The van der Waals surface area contributed by atoms with Crippen LogP contribution in [-0.2, 0) is 11.3 Å². The third-order valence-corrected chi connectivity index (χ3v) is 5.09. The Balaban J connectivity index is 1.64. The molecule has 1 aliphatic rings. The van der Waals surface area contributed by atoms with Gasteiger partial charge in [0, 0.05) is 31.7 Å². The molecule has 0 saturated carbocycles. The van der Waals surface area contributed by atoms with E-state index in [1.54, 1.807) is 19.2 Å². The van der Waals surface area contributed by atoms with Crippen molar-refractivity contribution in [3.05, 3.63) is 59.7 Å². The fourth-order valence-electron chi connectivity index (χ4n) is 3.64. The standard InChI is InChI=1S/C21H25NO5/c1-26-17-7-8-18(20(23)11-17)19-13-22(21(24)25)12-16(19)9-10-27-14-15-5-3-2-4-6-15/h2-8,11,16,19,23H,9-10,12-14H2,1H3,(H,24,25). The van der Waals surface area contributed by atoms with E-state index in [9.17, 15) is 15.0 Å². The monoisotopic (exact) mass is 371 g/mol. The van der Waals surface area contributed by atoms with E-state index in [0.717, 1.165) is 17.5 Å². The summed E-state index contributed by atoms with van der Waals surface area (Å²) in [5.41, 5.74) is 1.87. The summed E-state index contributed by atoms with van der Waals surface area (Å²) in [6.45, 7) is 1.90. The number of phenols is 1. The molecule has 2 unspecified atom stereocenters. The maximum absolute atomic E-state index is 11.4. The van der Waals surface area contributed by atoms with Gasteiger partial charge in [-0.2, -0.15) is 0 Å². The zero-order valence-corrected chi connectivity index (χ0v) is 15.4. The van der Waals surface area contributed by atoms with Crippen LogP contribution in [0.3, 0.4) is 0 Å².